The zero-order chi connectivity index (χ0) is 8.65. The van der Waals surface area contributed by atoms with Crippen molar-refractivity contribution in [3.63, 3.8) is 0 Å². The molecule has 0 saturated heterocycles. The smallest absolute Gasteiger partial charge is 0.207 e. The molecule has 0 unspecified atom stereocenters. The number of carbonyl (C=O) groups excluding carboxylic acids is 1. The fraction of sp³-hybridized carbons (Fsp3) is 0.222. The lowest BCUT2D eigenvalue weighted by Crippen LogP contribution is -2.18. The number of nitrogens with one attached hydrogen (secondary N) is 1. The summed E-state index contributed by atoms with van der Waals surface area (Å²) >= 11 is 0. The summed E-state index contributed by atoms with van der Waals surface area (Å²) in [6.45, 7) is 1.04. The summed E-state index contributed by atoms with van der Waals surface area (Å²) in [4.78, 5) is 9.85. The van der Waals surface area contributed by atoms with Crippen LogP contribution in [0, 0.1) is 0 Å². The van der Waals surface area contributed by atoms with E-state index in [2.05, 4.69) is 5.32 Å². The number of amides is 1. The zero-order valence-electron chi connectivity index (χ0n) is 6.69. The minimum atomic E-state index is 0.503. The molecule has 1 amide bonds. The van der Waals surface area contributed by atoms with Gasteiger partial charge in [0.05, 0.1) is 6.54 Å². The highest BCUT2D eigenvalue weighted by Crippen LogP contribution is 2.07. The maximum absolute atomic E-state index is 9.85. The Morgan fingerprint density at radius 2 is 2.08 bits per heavy atom. The van der Waals surface area contributed by atoms with E-state index in [1.54, 1.807) is 0 Å². The van der Waals surface area contributed by atoms with Crippen LogP contribution in [0.15, 0.2) is 30.3 Å². The maximum atomic E-state index is 9.85. The fourth-order valence-electron chi connectivity index (χ4n) is 0.803. The third-order valence-corrected chi connectivity index (χ3v) is 1.34. The van der Waals surface area contributed by atoms with E-state index in [1.165, 1.54) is 0 Å². The maximum Gasteiger partial charge on any atom is 0.207 e. The minimum Gasteiger partial charge on any atom is -0.492 e. The number of hydrogen-bond acceptors (Lipinski definition) is 2. The molecule has 12 heavy (non-hydrogen) atoms. The van der Waals surface area contributed by atoms with E-state index < -0.39 is 0 Å². The Labute approximate surface area is 71.4 Å². The first-order valence-corrected chi connectivity index (χ1v) is 3.78. The standard InChI is InChI=1S/C9H11NO2/c11-8-10-6-7-12-9-4-2-1-3-5-9/h1-5,8H,6-7H2,(H,10,11). The molecule has 0 spiro atoms. The van der Waals surface area contributed by atoms with E-state index in [0.29, 0.717) is 19.6 Å². The van der Waals surface area contributed by atoms with Crippen molar-refractivity contribution in [1.82, 2.24) is 5.32 Å². The second kappa shape index (κ2) is 5.18. The molecule has 3 heteroatoms. The normalized spacial score (nSPS) is 9.00. The van der Waals surface area contributed by atoms with Gasteiger partial charge in [-0.15, -0.1) is 0 Å². The van der Waals surface area contributed by atoms with Gasteiger partial charge in [0.25, 0.3) is 0 Å². The topological polar surface area (TPSA) is 38.3 Å². The van der Waals surface area contributed by atoms with Gasteiger partial charge in [-0.2, -0.15) is 0 Å². The largest absolute Gasteiger partial charge is 0.492 e. The summed E-state index contributed by atoms with van der Waals surface area (Å²) in [6.07, 6.45) is 0.661. The van der Waals surface area contributed by atoms with Crippen LogP contribution < -0.4 is 10.1 Å². The lowest BCUT2D eigenvalue weighted by Gasteiger charge is -2.03. The van der Waals surface area contributed by atoms with Crippen molar-refractivity contribution in [2.45, 2.75) is 0 Å². The molecule has 0 heterocycles. The van der Waals surface area contributed by atoms with Crippen molar-refractivity contribution in [2.24, 2.45) is 0 Å². The predicted octanol–water partition coefficient (Wildman–Crippen LogP) is 0.811. The van der Waals surface area contributed by atoms with Gasteiger partial charge in [0.15, 0.2) is 0 Å². The molecule has 0 fully saturated rings. The Balaban J connectivity index is 2.20. The molecule has 1 rings (SSSR count). The molecular weight excluding hydrogens is 154 g/mol. The molecule has 0 aliphatic rings. The summed E-state index contributed by atoms with van der Waals surface area (Å²) < 4.78 is 5.29. The van der Waals surface area contributed by atoms with Crippen molar-refractivity contribution < 1.29 is 9.53 Å². The lowest BCUT2D eigenvalue weighted by atomic mass is 10.3. The zero-order valence-corrected chi connectivity index (χ0v) is 6.69. The average Bonchev–Trinajstić information content (AvgIpc) is 2.14. The van der Waals surface area contributed by atoms with Gasteiger partial charge >= 0.3 is 0 Å². The Morgan fingerprint density at radius 1 is 1.33 bits per heavy atom. The van der Waals surface area contributed by atoms with Gasteiger partial charge in [-0.05, 0) is 12.1 Å². The summed E-state index contributed by atoms with van der Waals surface area (Å²) in [7, 11) is 0. The molecule has 1 aromatic rings. The third kappa shape index (κ3) is 3.05. The van der Waals surface area contributed by atoms with Crippen LogP contribution in [0.1, 0.15) is 0 Å². The molecule has 0 radical (unpaired) electrons. The van der Waals surface area contributed by atoms with E-state index >= 15 is 0 Å². The van der Waals surface area contributed by atoms with Crippen molar-refractivity contribution in [3.8, 4) is 5.75 Å². The molecule has 0 atom stereocenters. The molecule has 0 saturated carbocycles. The van der Waals surface area contributed by atoms with Crippen LogP contribution in [0.3, 0.4) is 0 Å². The first kappa shape index (κ1) is 8.59. The van der Waals surface area contributed by atoms with E-state index in [9.17, 15) is 4.79 Å². The van der Waals surface area contributed by atoms with Crippen LogP contribution >= 0.6 is 0 Å². The molecular formula is C9H11NO2. The second-order valence-corrected chi connectivity index (χ2v) is 2.23. The third-order valence-electron chi connectivity index (χ3n) is 1.34. The number of hydrogen-bond donors (Lipinski definition) is 1. The van der Waals surface area contributed by atoms with Gasteiger partial charge in [-0.25, -0.2) is 0 Å². The molecule has 0 aliphatic carbocycles. The second-order valence-electron chi connectivity index (χ2n) is 2.23. The van der Waals surface area contributed by atoms with Gasteiger partial charge in [-0.1, -0.05) is 18.2 Å². The van der Waals surface area contributed by atoms with E-state index in [0.717, 1.165) is 5.75 Å². The summed E-state index contributed by atoms with van der Waals surface area (Å²) in [5.74, 6) is 0.824. The molecule has 0 bridgehead atoms. The van der Waals surface area contributed by atoms with E-state index in [4.69, 9.17) is 4.74 Å². The highest BCUT2D eigenvalue weighted by Gasteiger charge is 1.88. The quantitative estimate of drug-likeness (QED) is 0.518. The Hall–Kier alpha value is -1.51. The molecule has 1 aromatic carbocycles. The molecule has 1 N–H and O–H groups in total. The summed E-state index contributed by atoms with van der Waals surface area (Å²) in [6, 6.07) is 9.49. The highest BCUT2D eigenvalue weighted by atomic mass is 16.5. The Morgan fingerprint density at radius 3 is 2.75 bits per heavy atom. The van der Waals surface area contributed by atoms with Crippen LogP contribution in [0.5, 0.6) is 5.75 Å². The molecule has 3 nitrogen and oxygen atoms in total. The lowest BCUT2D eigenvalue weighted by molar-refractivity contribution is -0.109. The monoisotopic (exact) mass is 165 g/mol. The van der Waals surface area contributed by atoms with Crippen LogP contribution in [0.2, 0.25) is 0 Å². The number of para-hydroxylation sites is 1. The first-order valence-electron chi connectivity index (χ1n) is 3.78. The summed E-state index contributed by atoms with van der Waals surface area (Å²) in [5.41, 5.74) is 0. The van der Waals surface area contributed by atoms with E-state index in [1.807, 2.05) is 30.3 Å². The number of carbonyl (C=O) groups is 1. The average molecular weight is 165 g/mol. The van der Waals surface area contributed by atoms with Crippen LogP contribution in [0.25, 0.3) is 0 Å². The highest BCUT2D eigenvalue weighted by molar-refractivity contribution is 5.45. The van der Waals surface area contributed by atoms with Crippen molar-refractivity contribution in [3.05, 3.63) is 30.3 Å². The number of rotatable bonds is 5. The number of ether oxygens (including phenoxy) is 1. The summed E-state index contributed by atoms with van der Waals surface area (Å²) in [5, 5.41) is 2.51. The minimum absolute atomic E-state index is 0.503. The molecule has 0 aromatic heterocycles. The number of benzene rings is 1. The SMILES string of the molecule is O=CNCCOc1ccccc1. The van der Waals surface area contributed by atoms with Gasteiger partial charge in [0, 0.05) is 0 Å². The molecule has 0 aliphatic heterocycles. The first-order chi connectivity index (χ1) is 5.93. The Kier molecular flexibility index (Phi) is 3.71. The van der Waals surface area contributed by atoms with Crippen molar-refractivity contribution >= 4 is 6.41 Å². The Bertz CT molecular complexity index is 223. The van der Waals surface area contributed by atoms with Crippen LogP contribution in [-0.2, 0) is 4.79 Å². The van der Waals surface area contributed by atoms with Crippen molar-refractivity contribution in [1.29, 1.82) is 0 Å². The van der Waals surface area contributed by atoms with Gasteiger partial charge in [0.2, 0.25) is 6.41 Å². The predicted molar refractivity (Wildman–Crippen MR) is 46.0 cm³/mol. The molecule has 64 valence electrons. The fourth-order valence-corrected chi connectivity index (χ4v) is 0.803. The van der Waals surface area contributed by atoms with E-state index in [-0.39, 0.29) is 0 Å². The van der Waals surface area contributed by atoms with Gasteiger partial charge in [0.1, 0.15) is 12.4 Å². The van der Waals surface area contributed by atoms with Crippen molar-refractivity contribution in [2.75, 3.05) is 13.2 Å². The van der Waals surface area contributed by atoms with Crippen LogP contribution in [0.4, 0.5) is 0 Å². The van der Waals surface area contributed by atoms with Gasteiger partial charge < -0.3 is 10.1 Å². The van der Waals surface area contributed by atoms with Crippen LogP contribution in [-0.4, -0.2) is 19.6 Å². The van der Waals surface area contributed by atoms with Gasteiger partial charge in [-0.3, -0.25) is 4.79 Å².